The monoisotopic (exact) mass is 299 g/mol. The molecule has 1 atom stereocenters. The molecule has 20 heavy (non-hydrogen) atoms. The Morgan fingerprint density at radius 2 is 2.00 bits per heavy atom. The van der Waals surface area contributed by atoms with Crippen molar-refractivity contribution < 1.29 is 13.2 Å². The van der Waals surface area contributed by atoms with Gasteiger partial charge in [-0.15, -0.1) is 0 Å². The Balaban J connectivity index is 3.13. The SMILES string of the molecule is CCC(N)C(=O)Nc1ccc(C)c(S(=O)(=O)N(C)C)c1. The summed E-state index contributed by atoms with van der Waals surface area (Å²) in [6.07, 6.45) is 0.514. The van der Waals surface area contributed by atoms with E-state index in [0.717, 1.165) is 4.31 Å². The molecule has 0 radical (unpaired) electrons. The van der Waals surface area contributed by atoms with Gasteiger partial charge in [0.25, 0.3) is 0 Å². The molecule has 1 aromatic rings. The highest BCUT2D eigenvalue weighted by Gasteiger charge is 2.20. The van der Waals surface area contributed by atoms with Crippen LogP contribution in [0.15, 0.2) is 23.1 Å². The van der Waals surface area contributed by atoms with E-state index in [0.29, 0.717) is 17.7 Å². The first kappa shape index (κ1) is 16.6. The molecule has 0 saturated carbocycles. The van der Waals surface area contributed by atoms with Crippen molar-refractivity contribution in [2.45, 2.75) is 31.2 Å². The topological polar surface area (TPSA) is 92.5 Å². The van der Waals surface area contributed by atoms with E-state index >= 15 is 0 Å². The summed E-state index contributed by atoms with van der Waals surface area (Å²) >= 11 is 0. The highest BCUT2D eigenvalue weighted by atomic mass is 32.2. The molecular weight excluding hydrogens is 278 g/mol. The molecular formula is C13H21N3O3S. The van der Waals surface area contributed by atoms with E-state index in [9.17, 15) is 13.2 Å². The van der Waals surface area contributed by atoms with Crippen LogP contribution in [0.5, 0.6) is 0 Å². The number of benzene rings is 1. The maximum Gasteiger partial charge on any atom is 0.242 e. The average molecular weight is 299 g/mol. The summed E-state index contributed by atoms with van der Waals surface area (Å²) in [5.41, 5.74) is 6.67. The third-order valence-electron chi connectivity index (χ3n) is 2.99. The van der Waals surface area contributed by atoms with Crippen LogP contribution >= 0.6 is 0 Å². The van der Waals surface area contributed by atoms with Crippen LogP contribution in [-0.4, -0.2) is 38.8 Å². The lowest BCUT2D eigenvalue weighted by Crippen LogP contribution is -2.34. The van der Waals surface area contributed by atoms with Crippen molar-refractivity contribution in [1.82, 2.24) is 4.31 Å². The Bertz CT molecular complexity index is 597. The van der Waals surface area contributed by atoms with E-state index < -0.39 is 16.1 Å². The summed E-state index contributed by atoms with van der Waals surface area (Å²) in [5, 5.41) is 2.62. The van der Waals surface area contributed by atoms with E-state index in [2.05, 4.69) is 5.32 Å². The highest BCUT2D eigenvalue weighted by Crippen LogP contribution is 2.22. The van der Waals surface area contributed by atoms with Crippen LogP contribution in [0.3, 0.4) is 0 Å². The Kier molecular flexibility index (Phi) is 5.27. The van der Waals surface area contributed by atoms with Gasteiger partial charge in [-0.25, -0.2) is 12.7 Å². The fourth-order valence-electron chi connectivity index (χ4n) is 1.57. The molecule has 0 aliphatic rings. The van der Waals surface area contributed by atoms with Crippen molar-refractivity contribution in [2.24, 2.45) is 5.73 Å². The van der Waals surface area contributed by atoms with Gasteiger partial charge in [-0.2, -0.15) is 0 Å². The number of nitrogens with two attached hydrogens (primary N) is 1. The number of hydrogen-bond donors (Lipinski definition) is 2. The molecule has 1 unspecified atom stereocenters. The molecule has 7 heteroatoms. The zero-order chi connectivity index (χ0) is 15.5. The number of sulfonamides is 1. The molecule has 0 aromatic heterocycles. The van der Waals surface area contributed by atoms with Crippen LogP contribution in [0.4, 0.5) is 5.69 Å². The zero-order valence-corrected chi connectivity index (χ0v) is 13.0. The van der Waals surface area contributed by atoms with E-state index in [-0.39, 0.29) is 10.8 Å². The molecule has 0 aliphatic carbocycles. The van der Waals surface area contributed by atoms with Gasteiger partial charge in [0.2, 0.25) is 15.9 Å². The van der Waals surface area contributed by atoms with Gasteiger partial charge in [0, 0.05) is 19.8 Å². The van der Waals surface area contributed by atoms with Gasteiger partial charge >= 0.3 is 0 Å². The molecule has 1 amide bonds. The number of nitrogens with one attached hydrogen (secondary N) is 1. The standard InChI is InChI=1S/C13H21N3O3S/c1-5-11(14)13(17)15-10-7-6-9(2)12(8-10)20(18,19)16(3)4/h6-8,11H,5,14H2,1-4H3,(H,15,17). The van der Waals surface area contributed by atoms with Crippen LogP contribution in [-0.2, 0) is 14.8 Å². The number of aryl methyl sites for hydroxylation is 1. The summed E-state index contributed by atoms with van der Waals surface area (Å²) in [5.74, 6) is -0.329. The molecule has 0 spiro atoms. The fraction of sp³-hybridized carbons (Fsp3) is 0.462. The third-order valence-corrected chi connectivity index (χ3v) is 4.95. The third kappa shape index (κ3) is 3.56. The van der Waals surface area contributed by atoms with Gasteiger partial charge in [-0.1, -0.05) is 13.0 Å². The summed E-state index contributed by atoms with van der Waals surface area (Å²) in [4.78, 5) is 11.9. The van der Waals surface area contributed by atoms with Crippen molar-refractivity contribution in [3.05, 3.63) is 23.8 Å². The van der Waals surface area contributed by atoms with Crippen molar-refractivity contribution in [2.75, 3.05) is 19.4 Å². The molecule has 3 N–H and O–H groups in total. The largest absolute Gasteiger partial charge is 0.325 e. The second-order valence-corrected chi connectivity index (χ2v) is 6.89. The number of anilines is 1. The van der Waals surface area contributed by atoms with Gasteiger partial charge in [-0.05, 0) is 31.0 Å². The molecule has 6 nitrogen and oxygen atoms in total. The normalized spacial score (nSPS) is 13.3. The Labute approximate surface area is 120 Å². The highest BCUT2D eigenvalue weighted by molar-refractivity contribution is 7.89. The van der Waals surface area contributed by atoms with E-state index in [1.165, 1.54) is 20.2 Å². The van der Waals surface area contributed by atoms with Crippen LogP contribution < -0.4 is 11.1 Å². The maximum absolute atomic E-state index is 12.2. The second kappa shape index (κ2) is 6.34. The number of hydrogen-bond acceptors (Lipinski definition) is 4. The molecule has 112 valence electrons. The van der Waals surface area contributed by atoms with Gasteiger partial charge < -0.3 is 11.1 Å². The minimum Gasteiger partial charge on any atom is -0.325 e. The quantitative estimate of drug-likeness (QED) is 0.845. The molecule has 0 aliphatic heterocycles. The first-order valence-electron chi connectivity index (χ1n) is 6.29. The Hall–Kier alpha value is -1.44. The predicted molar refractivity (Wildman–Crippen MR) is 78.9 cm³/mol. The smallest absolute Gasteiger partial charge is 0.242 e. The molecule has 0 fully saturated rings. The van der Waals surface area contributed by atoms with Gasteiger partial charge in [0.15, 0.2) is 0 Å². The van der Waals surface area contributed by atoms with Crippen LogP contribution in [0.25, 0.3) is 0 Å². The first-order chi connectivity index (χ1) is 9.20. The van der Waals surface area contributed by atoms with Crippen molar-refractivity contribution >= 4 is 21.6 Å². The van der Waals surface area contributed by atoms with Crippen molar-refractivity contribution in [1.29, 1.82) is 0 Å². The van der Waals surface area contributed by atoms with Gasteiger partial charge in [0.05, 0.1) is 10.9 Å². The molecule has 1 aromatic carbocycles. The molecule has 0 bridgehead atoms. The lowest BCUT2D eigenvalue weighted by atomic mass is 10.2. The lowest BCUT2D eigenvalue weighted by molar-refractivity contribution is -0.117. The van der Waals surface area contributed by atoms with Gasteiger partial charge in [0.1, 0.15) is 0 Å². The average Bonchev–Trinajstić information content (AvgIpc) is 2.39. The van der Waals surface area contributed by atoms with Crippen molar-refractivity contribution in [3.8, 4) is 0 Å². The summed E-state index contributed by atoms with van der Waals surface area (Å²) in [6.45, 7) is 3.51. The molecule has 0 saturated heterocycles. The summed E-state index contributed by atoms with van der Waals surface area (Å²) in [6, 6.07) is 4.16. The van der Waals surface area contributed by atoms with Crippen LogP contribution in [0.2, 0.25) is 0 Å². The minimum atomic E-state index is -3.54. The first-order valence-corrected chi connectivity index (χ1v) is 7.73. The molecule has 1 rings (SSSR count). The predicted octanol–water partition coefficient (Wildman–Crippen LogP) is 0.921. The van der Waals surface area contributed by atoms with E-state index in [4.69, 9.17) is 5.73 Å². The number of amides is 1. The number of nitrogens with zero attached hydrogens (tertiary/aromatic N) is 1. The van der Waals surface area contributed by atoms with Gasteiger partial charge in [-0.3, -0.25) is 4.79 Å². The lowest BCUT2D eigenvalue weighted by Gasteiger charge is -2.16. The van der Waals surface area contributed by atoms with E-state index in [1.54, 1.807) is 26.0 Å². The minimum absolute atomic E-state index is 0.172. The Morgan fingerprint density at radius 1 is 1.40 bits per heavy atom. The van der Waals surface area contributed by atoms with E-state index in [1.807, 2.05) is 0 Å². The van der Waals surface area contributed by atoms with Crippen LogP contribution in [0, 0.1) is 6.92 Å². The van der Waals surface area contributed by atoms with Crippen molar-refractivity contribution in [3.63, 3.8) is 0 Å². The fourth-order valence-corrected chi connectivity index (χ4v) is 2.72. The zero-order valence-electron chi connectivity index (χ0n) is 12.2. The van der Waals surface area contributed by atoms with Crippen LogP contribution in [0.1, 0.15) is 18.9 Å². The summed E-state index contributed by atoms with van der Waals surface area (Å²) in [7, 11) is -0.610. The number of rotatable bonds is 5. The molecule has 0 heterocycles. The second-order valence-electron chi connectivity index (χ2n) is 4.77. The number of carbonyl (C=O) groups excluding carboxylic acids is 1. The maximum atomic E-state index is 12.2. The summed E-state index contributed by atoms with van der Waals surface area (Å²) < 4.78 is 25.5. The number of carbonyl (C=O) groups is 1. The Morgan fingerprint density at radius 3 is 2.50 bits per heavy atom.